The van der Waals surface area contributed by atoms with Crippen LogP contribution < -0.4 is 5.73 Å². The number of anilines is 1. The smallest absolute Gasteiger partial charge is 0.463 e. The monoisotopic (exact) mass is 520 g/mol. The van der Waals surface area contributed by atoms with E-state index in [0.29, 0.717) is 18.3 Å². The molecule has 2 aliphatic rings. The number of nitrogens with two attached hydrogens (primary N) is 1. The molecule has 0 radical (unpaired) electrons. The molecule has 1 aliphatic carbocycles. The van der Waals surface area contributed by atoms with Crippen molar-refractivity contribution >= 4 is 23.5 Å². The van der Waals surface area contributed by atoms with Gasteiger partial charge in [0.2, 0.25) is 0 Å². The van der Waals surface area contributed by atoms with Gasteiger partial charge in [0.15, 0.2) is 12.6 Å². The van der Waals surface area contributed by atoms with Crippen LogP contribution in [0.25, 0.3) is 5.52 Å². The maximum absolute atomic E-state index is 12.7. The Morgan fingerprint density at radius 3 is 2.57 bits per heavy atom. The Bertz CT molecular complexity index is 1030. The van der Waals surface area contributed by atoms with Gasteiger partial charge < -0.3 is 29.8 Å². The van der Waals surface area contributed by atoms with Crippen molar-refractivity contribution in [3.8, 4) is 0 Å². The minimum Gasteiger partial charge on any atom is -0.463 e. The third-order valence-corrected chi connectivity index (χ3v) is 7.02. The number of ether oxygens (including phenoxy) is 4. The first-order valence-electron chi connectivity index (χ1n) is 13.0. The van der Waals surface area contributed by atoms with Gasteiger partial charge in [0.05, 0.1) is 23.3 Å². The molecule has 2 unspecified atom stereocenters. The van der Waals surface area contributed by atoms with Gasteiger partial charge in [-0.2, -0.15) is 5.10 Å². The molecule has 11 heteroatoms. The van der Waals surface area contributed by atoms with Crippen LogP contribution in [0.3, 0.4) is 0 Å². The van der Waals surface area contributed by atoms with E-state index in [0.717, 1.165) is 36.9 Å². The third kappa shape index (κ3) is 7.54. The number of fused-ring (bicyclic) bond motifs is 1. The number of hydrogen-bond donors (Lipinski definition) is 2. The van der Waals surface area contributed by atoms with Gasteiger partial charge in [-0.1, -0.05) is 19.3 Å². The summed E-state index contributed by atoms with van der Waals surface area (Å²) >= 11 is 0. The fourth-order valence-electron chi connectivity index (χ4n) is 4.89. The van der Waals surface area contributed by atoms with Crippen molar-refractivity contribution in [3.05, 3.63) is 24.2 Å². The molecule has 0 bridgehead atoms. The Morgan fingerprint density at radius 2 is 1.89 bits per heavy atom. The van der Waals surface area contributed by atoms with E-state index in [-0.39, 0.29) is 24.3 Å². The van der Waals surface area contributed by atoms with Gasteiger partial charge in [0, 0.05) is 0 Å². The number of carbonyl (C=O) groups excluding carboxylic acids is 2. The lowest BCUT2D eigenvalue weighted by molar-refractivity contribution is -0.162. The lowest BCUT2D eigenvalue weighted by Crippen LogP contribution is -2.37. The molecule has 0 amide bonds. The Kier molecular flexibility index (Phi) is 10.1. The summed E-state index contributed by atoms with van der Waals surface area (Å²) in [6, 6.07) is 3.89. The van der Waals surface area contributed by atoms with E-state index < -0.39 is 18.4 Å². The van der Waals surface area contributed by atoms with E-state index in [9.17, 15) is 9.59 Å². The zero-order chi connectivity index (χ0) is 27.0. The molecule has 37 heavy (non-hydrogen) atoms. The minimum absolute atomic E-state index is 0.0770. The van der Waals surface area contributed by atoms with Gasteiger partial charge in [0.25, 0.3) is 0 Å². The van der Waals surface area contributed by atoms with E-state index in [2.05, 4.69) is 19.6 Å². The van der Waals surface area contributed by atoms with Crippen LogP contribution >= 0.6 is 0 Å². The summed E-state index contributed by atoms with van der Waals surface area (Å²) in [5, 5.41) is 12.3. The molecule has 2 fully saturated rings. The summed E-state index contributed by atoms with van der Waals surface area (Å²) in [6.07, 6.45) is 7.93. The molecule has 2 atom stereocenters. The molecule has 11 nitrogen and oxygen atoms in total. The molecular weight excluding hydrogens is 480 g/mol. The van der Waals surface area contributed by atoms with Crippen molar-refractivity contribution in [1.82, 2.24) is 14.6 Å². The highest BCUT2D eigenvalue weighted by Crippen LogP contribution is 2.40. The molecule has 1 aliphatic heterocycles. The van der Waals surface area contributed by atoms with Gasteiger partial charge in [0.1, 0.15) is 24.6 Å². The largest absolute Gasteiger partial charge is 0.510 e. The molecule has 3 N–H and O–H groups in total. The predicted octanol–water partition coefficient (Wildman–Crippen LogP) is 4.18. The third-order valence-electron chi connectivity index (χ3n) is 7.02. The predicted molar refractivity (Wildman–Crippen MR) is 135 cm³/mol. The molecule has 2 aromatic heterocycles. The minimum atomic E-state index is -0.840. The first-order valence-corrected chi connectivity index (χ1v) is 13.0. The maximum Gasteiger partial charge on any atom is 0.510 e. The van der Waals surface area contributed by atoms with Crippen LogP contribution in [-0.4, -0.2) is 57.4 Å². The highest BCUT2D eigenvalue weighted by Gasteiger charge is 2.39. The van der Waals surface area contributed by atoms with Crippen LogP contribution in [0, 0.1) is 11.3 Å². The number of esters is 1. The van der Waals surface area contributed by atoms with Gasteiger partial charge in [-0.05, 0) is 71.4 Å². The molecule has 1 saturated carbocycles. The SMILES string of the molecule is CC(C)(C(=O)OCC1CCC(c2ccc3c(N)ncnn23)O1)C1CCCCC1.CC(C)OC(=O)OCO. The van der Waals surface area contributed by atoms with Gasteiger partial charge in [-0.3, -0.25) is 4.79 Å². The fraction of sp³-hybridized carbons (Fsp3) is 0.692. The topological polar surface area (TPSA) is 148 Å². The summed E-state index contributed by atoms with van der Waals surface area (Å²) in [7, 11) is 0. The Morgan fingerprint density at radius 1 is 1.16 bits per heavy atom. The average Bonchev–Trinajstić information content (AvgIpc) is 3.51. The van der Waals surface area contributed by atoms with Crippen LogP contribution in [-0.2, 0) is 23.7 Å². The standard InChI is InChI=1S/C21H30N4O3.C5H10O4/c1-21(2,14-6-4-3-5-7-14)20(26)27-12-15-8-11-18(28-15)16-9-10-17-19(22)23-13-24-25(16)17;1-4(2)9-5(7)8-3-6/h9-10,13-15,18H,3-8,11-12H2,1-2H3,(H2,22,23,24);4,6H,3H2,1-2H3. The zero-order valence-electron chi connectivity index (χ0n) is 22.2. The number of carbonyl (C=O) groups is 2. The lowest BCUT2D eigenvalue weighted by atomic mass is 9.71. The molecular formula is C26H40N4O7. The average molecular weight is 521 g/mol. The van der Waals surface area contributed by atoms with Crippen molar-refractivity contribution < 1.29 is 33.6 Å². The first-order chi connectivity index (χ1) is 17.6. The van der Waals surface area contributed by atoms with Gasteiger partial charge in [-0.15, -0.1) is 0 Å². The molecule has 0 aromatic carbocycles. The zero-order valence-corrected chi connectivity index (χ0v) is 22.2. The van der Waals surface area contributed by atoms with Crippen LogP contribution in [0.5, 0.6) is 0 Å². The number of nitrogen functional groups attached to an aromatic ring is 1. The second-order valence-corrected chi connectivity index (χ2v) is 10.4. The lowest BCUT2D eigenvalue weighted by Gasteiger charge is -2.35. The number of aliphatic hydroxyl groups is 1. The number of aliphatic hydroxyl groups excluding tert-OH is 1. The second-order valence-electron chi connectivity index (χ2n) is 10.4. The number of rotatable bonds is 7. The summed E-state index contributed by atoms with van der Waals surface area (Å²) in [5.74, 6) is 0.776. The van der Waals surface area contributed by atoms with Crippen molar-refractivity contribution in [2.45, 2.75) is 91.0 Å². The van der Waals surface area contributed by atoms with E-state index in [1.54, 1.807) is 18.4 Å². The second kappa shape index (κ2) is 13.0. The molecule has 0 spiro atoms. The van der Waals surface area contributed by atoms with E-state index in [1.165, 1.54) is 25.6 Å². The summed E-state index contributed by atoms with van der Waals surface area (Å²) in [4.78, 5) is 27.0. The van der Waals surface area contributed by atoms with Gasteiger partial charge >= 0.3 is 12.1 Å². The highest BCUT2D eigenvalue weighted by molar-refractivity contribution is 5.76. The Labute approximate surface area is 217 Å². The number of aromatic nitrogens is 3. The number of hydrogen-bond acceptors (Lipinski definition) is 10. The van der Waals surface area contributed by atoms with Crippen LogP contribution in [0.2, 0.25) is 0 Å². The summed E-state index contributed by atoms with van der Waals surface area (Å²) in [6.45, 7) is 7.12. The van der Waals surface area contributed by atoms with Crippen molar-refractivity contribution in [2.75, 3.05) is 19.1 Å². The maximum atomic E-state index is 12.7. The summed E-state index contributed by atoms with van der Waals surface area (Å²) in [5.41, 5.74) is 7.22. The Balaban J connectivity index is 0.000000364. The molecule has 1 saturated heterocycles. The van der Waals surface area contributed by atoms with Gasteiger partial charge in [-0.25, -0.2) is 14.3 Å². The fourth-order valence-corrected chi connectivity index (χ4v) is 4.89. The van der Waals surface area contributed by atoms with E-state index >= 15 is 0 Å². The molecule has 3 heterocycles. The molecule has 2 aromatic rings. The van der Waals surface area contributed by atoms with Crippen molar-refractivity contribution in [1.29, 1.82) is 0 Å². The first kappa shape index (κ1) is 28.6. The van der Waals surface area contributed by atoms with Crippen molar-refractivity contribution in [2.24, 2.45) is 11.3 Å². The Hall–Kier alpha value is -2.92. The number of nitrogens with zero attached hydrogens (tertiary/aromatic N) is 3. The van der Waals surface area contributed by atoms with Crippen LogP contribution in [0.4, 0.5) is 10.6 Å². The summed E-state index contributed by atoms with van der Waals surface area (Å²) < 4.78 is 22.2. The quantitative estimate of drug-likeness (QED) is 0.402. The molecule has 206 valence electrons. The highest BCUT2D eigenvalue weighted by atomic mass is 16.8. The van der Waals surface area contributed by atoms with Crippen LogP contribution in [0.15, 0.2) is 18.5 Å². The van der Waals surface area contributed by atoms with E-state index in [1.807, 2.05) is 26.0 Å². The van der Waals surface area contributed by atoms with Crippen LogP contribution in [0.1, 0.15) is 84.4 Å². The van der Waals surface area contributed by atoms with Crippen molar-refractivity contribution in [3.63, 3.8) is 0 Å². The van der Waals surface area contributed by atoms with E-state index in [4.69, 9.17) is 20.3 Å². The molecule has 4 rings (SSSR count). The normalized spacial score (nSPS) is 20.4.